The van der Waals surface area contributed by atoms with E-state index in [1.165, 1.54) is 14.2 Å². The highest BCUT2D eigenvalue weighted by Gasteiger charge is 2.36. The van der Waals surface area contributed by atoms with Gasteiger partial charge in [0.1, 0.15) is 5.56 Å². The molecule has 0 saturated carbocycles. The minimum Gasteiger partial charge on any atom is -0.493 e. The molecule has 1 aliphatic rings. The Labute approximate surface area is 132 Å². The maximum absolute atomic E-state index is 12.2. The number of methoxy groups -OCH3 is 2. The van der Waals surface area contributed by atoms with Crippen molar-refractivity contribution < 1.29 is 19.0 Å². The van der Waals surface area contributed by atoms with Gasteiger partial charge in [-0.05, 0) is 24.3 Å². The third-order valence-corrected chi connectivity index (χ3v) is 3.78. The minimum absolute atomic E-state index is 0.367. The maximum atomic E-state index is 12.2. The number of halogens is 1. The quantitative estimate of drug-likeness (QED) is 0.872. The highest BCUT2D eigenvalue weighted by atomic mass is 35.5. The molecule has 2 aromatic carbocycles. The summed E-state index contributed by atoms with van der Waals surface area (Å²) in [6, 6.07) is 10.8. The van der Waals surface area contributed by atoms with Crippen molar-refractivity contribution in [2.24, 2.45) is 0 Å². The highest BCUT2D eigenvalue weighted by molar-refractivity contribution is 6.33. The smallest absolute Gasteiger partial charge is 0.344 e. The zero-order valence-electron chi connectivity index (χ0n) is 12.1. The fourth-order valence-electron chi connectivity index (χ4n) is 2.43. The molecular formula is C16H14ClNO4. The molecule has 0 fully saturated rings. The van der Waals surface area contributed by atoms with Crippen LogP contribution < -0.4 is 14.8 Å². The number of carbonyl (C=O) groups is 1. The van der Waals surface area contributed by atoms with Crippen LogP contribution in [0.4, 0.5) is 5.69 Å². The molecule has 0 amide bonds. The Morgan fingerprint density at radius 2 is 1.91 bits per heavy atom. The first-order valence-corrected chi connectivity index (χ1v) is 7.00. The number of hydrogen-bond acceptors (Lipinski definition) is 5. The lowest BCUT2D eigenvalue weighted by Crippen LogP contribution is -2.10. The van der Waals surface area contributed by atoms with Crippen LogP contribution in [0.25, 0.3) is 0 Å². The van der Waals surface area contributed by atoms with Gasteiger partial charge in [-0.25, -0.2) is 4.79 Å². The molecule has 3 rings (SSSR count). The van der Waals surface area contributed by atoms with Crippen LogP contribution in [-0.2, 0) is 4.74 Å². The summed E-state index contributed by atoms with van der Waals surface area (Å²) in [6.45, 7) is 0. The molecule has 5 nitrogen and oxygen atoms in total. The largest absolute Gasteiger partial charge is 0.493 e. The number of fused-ring (bicyclic) bond motifs is 1. The van der Waals surface area contributed by atoms with Gasteiger partial charge in [-0.2, -0.15) is 0 Å². The number of nitrogens with one attached hydrogen (secondary N) is 1. The molecule has 0 radical (unpaired) electrons. The first kappa shape index (κ1) is 14.5. The molecule has 1 heterocycles. The summed E-state index contributed by atoms with van der Waals surface area (Å²) >= 11 is 6.12. The zero-order chi connectivity index (χ0) is 15.7. The van der Waals surface area contributed by atoms with Gasteiger partial charge in [0.25, 0.3) is 0 Å². The topological polar surface area (TPSA) is 56.8 Å². The van der Waals surface area contributed by atoms with E-state index in [4.69, 9.17) is 25.8 Å². The van der Waals surface area contributed by atoms with Crippen molar-refractivity contribution in [1.29, 1.82) is 0 Å². The summed E-state index contributed by atoms with van der Waals surface area (Å²) in [5.74, 6) is 0.389. The van der Waals surface area contributed by atoms with Crippen molar-refractivity contribution >= 4 is 23.3 Å². The second-order valence-corrected chi connectivity index (χ2v) is 5.08. The molecule has 22 heavy (non-hydrogen) atoms. The van der Waals surface area contributed by atoms with Gasteiger partial charge in [-0.3, -0.25) is 0 Å². The summed E-state index contributed by atoms with van der Waals surface area (Å²) < 4.78 is 15.9. The molecule has 0 aliphatic carbocycles. The summed E-state index contributed by atoms with van der Waals surface area (Å²) in [4.78, 5) is 12.2. The second kappa shape index (κ2) is 5.77. The molecule has 6 heteroatoms. The van der Waals surface area contributed by atoms with Gasteiger partial charge in [0.2, 0.25) is 6.23 Å². The van der Waals surface area contributed by atoms with Crippen molar-refractivity contribution in [2.45, 2.75) is 6.23 Å². The van der Waals surface area contributed by atoms with Gasteiger partial charge in [0, 0.05) is 5.56 Å². The number of carbonyl (C=O) groups excluding carboxylic acids is 1. The van der Waals surface area contributed by atoms with Crippen LogP contribution >= 0.6 is 11.6 Å². The molecule has 1 atom stereocenters. The Hall–Kier alpha value is -2.40. The van der Waals surface area contributed by atoms with Gasteiger partial charge in [0.05, 0.1) is 24.9 Å². The number of esters is 1. The van der Waals surface area contributed by atoms with Gasteiger partial charge in [-0.1, -0.05) is 23.7 Å². The van der Waals surface area contributed by atoms with E-state index in [2.05, 4.69) is 5.32 Å². The Kier molecular flexibility index (Phi) is 3.81. The first-order valence-electron chi connectivity index (χ1n) is 6.62. The summed E-state index contributed by atoms with van der Waals surface area (Å²) in [7, 11) is 3.00. The van der Waals surface area contributed by atoms with Crippen molar-refractivity contribution in [2.75, 3.05) is 19.5 Å². The Morgan fingerprint density at radius 1 is 1.14 bits per heavy atom. The van der Waals surface area contributed by atoms with Gasteiger partial charge in [-0.15, -0.1) is 0 Å². The lowest BCUT2D eigenvalue weighted by atomic mass is 10.1. The van der Waals surface area contributed by atoms with E-state index in [9.17, 15) is 4.79 Å². The SMILES string of the molecule is COc1ccc2c(c1OC)C(=O)OC2Nc1ccccc1Cl. The predicted octanol–water partition coefficient (Wildman–Crippen LogP) is 3.64. The Balaban J connectivity index is 2.00. The van der Waals surface area contributed by atoms with Crippen molar-refractivity contribution in [3.8, 4) is 11.5 Å². The third-order valence-electron chi connectivity index (χ3n) is 3.45. The van der Waals surface area contributed by atoms with Crippen LogP contribution in [0, 0.1) is 0 Å². The van der Waals surface area contributed by atoms with E-state index in [1.807, 2.05) is 18.2 Å². The summed E-state index contributed by atoms with van der Waals surface area (Å²) in [5.41, 5.74) is 1.73. The fourth-order valence-corrected chi connectivity index (χ4v) is 2.62. The number of cyclic esters (lactones) is 1. The molecule has 0 saturated heterocycles. The molecule has 2 aromatic rings. The van der Waals surface area contributed by atoms with Crippen LogP contribution in [0.1, 0.15) is 22.1 Å². The molecular weight excluding hydrogens is 306 g/mol. The number of rotatable bonds is 4. The molecule has 0 spiro atoms. The Morgan fingerprint density at radius 3 is 2.59 bits per heavy atom. The molecule has 114 valence electrons. The lowest BCUT2D eigenvalue weighted by molar-refractivity contribution is 0.0435. The van der Waals surface area contributed by atoms with E-state index < -0.39 is 12.2 Å². The highest BCUT2D eigenvalue weighted by Crippen LogP contribution is 2.42. The van der Waals surface area contributed by atoms with Crippen LogP contribution in [0.3, 0.4) is 0 Å². The van der Waals surface area contributed by atoms with Crippen LogP contribution in [0.5, 0.6) is 11.5 Å². The molecule has 0 bridgehead atoms. The number of anilines is 1. The van der Waals surface area contributed by atoms with Gasteiger partial charge < -0.3 is 19.5 Å². The molecule has 1 unspecified atom stereocenters. The summed E-state index contributed by atoms with van der Waals surface area (Å²) in [6.07, 6.45) is -0.623. The zero-order valence-corrected chi connectivity index (χ0v) is 12.8. The van der Waals surface area contributed by atoms with Crippen LogP contribution in [0.15, 0.2) is 36.4 Å². The van der Waals surface area contributed by atoms with E-state index in [-0.39, 0.29) is 0 Å². The number of hydrogen-bond donors (Lipinski definition) is 1. The van der Waals surface area contributed by atoms with E-state index in [0.29, 0.717) is 33.3 Å². The second-order valence-electron chi connectivity index (χ2n) is 4.67. The number of benzene rings is 2. The van der Waals surface area contributed by atoms with Crippen LogP contribution in [-0.4, -0.2) is 20.2 Å². The Bertz CT molecular complexity index is 732. The normalized spacial score (nSPS) is 16.0. The van der Waals surface area contributed by atoms with Crippen LogP contribution in [0.2, 0.25) is 5.02 Å². The fraction of sp³-hybridized carbons (Fsp3) is 0.188. The van der Waals surface area contributed by atoms with Gasteiger partial charge >= 0.3 is 5.97 Å². The first-order chi connectivity index (χ1) is 10.7. The molecule has 1 aliphatic heterocycles. The average molecular weight is 320 g/mol. The molecule has 1 N–H and O–H groups in total. The van der Waals surface area contributed by atoms with E-state index >= 15 is 0 Å². The van der Waals surface area contributed by atoms with Crippen molar-refractivity contribution in [3.05, 3.63) is 52.5 Å². The van der Waals surface area contributed by atoms with E-state index in [0.717, 1.165) is 0 Å². The maximum Gasteiger partial charge on any atom is 0.344 e. The summed E-state index contributed by atoms with van der Waals surface area (Å²) in [5, 5.41) is 3.66. The van der Waals surface area contributed by atoms with Crippen molar-refractivity contribution in [1.82, 2.24) is 0 Å². The predicted molar refractivity (Wildman–Crippen MR) is 82.8 cm³/mol. The average Bonchev–Trinajstić information content (AvgIpc) is 2.85. The van der Waals surface area contributed by atoms with Gasteiger partial charge in [0.15, 0.2) is 11.5 Å². The number of ether oxygens (including phenoxy) is 3. The van der Waals surface area contributed by atoms with E-state index in [1.54, 1.807) is 18.2 Å². The molecule has 0 aromatic heterocycles. The monoisotopic (exact) mass is 319 g/mol. The lowest BCUT2D eigenvalue weighted by Gasteiger charge is -2.16. The minimum atomic E-state index is -0.623. The third kappa shape index (κ3) is 2.33. The number of para-hydroxylation sites is 1. The van der Waals surface area contributed by atoms with Crippen molar-refractivity contribution in [3.63, 3.8) is 0 Å². The standard InChI is InChI=1S/C16H14ClNO4/c1-20-12-8-7-9-13(14(12)21-2)16(19)22-15(9)18-11-6-4-3-5-10(11)17/h3-8,15,18H,1-2H3.